The molecule has 3 heterocycles. The molecule has 1 N–H and O–H groups in total. The lowest BCUT2D eigenvalue weighted by atomic mass is 9.75. The number of aliphatic imine (C=N–C) groups is 1. The van der Waals surface area contributed by atoms with Crippen LogP contribution in [0.25, 0.3) is 0 Å². The van der Waals surface area contributed by atoms with Crippen LogP contribution in [-0.4, -0.2) is 52.4 Å². The minimum absolute atomic E-state index is 0.181. The number of likely N-dealkylation sites (tertiary alicyclic amines) is 2. The highest BCUT2D eigenvalue weighted by molar-refractivity contribution is 6.02. The Hall–Kier alpha value is -2.39. The van der Waals surface area contributed by atoms with E-state index in [1.807, 2.05) is 6.07 Å². The first-order chi connectivity index (χ1) is 14.0. The Kier molecular flexibility index (Phi) is 5.60. The van der Waals surface area contributed by atoms with E-state index < -0.39 is 11.5 Å². The smallest absolute Gasteiger partial charge is 0.246 e. The van der Waals surface area contributed by atoms with Crippen LogP contribution < -0.4 is 5.32 Å². The predicted octanol–water partition coefficient (Wildman–Crippen LogP) is 2.91. The Balaban J connectivity index is 1.55. The third-order valence-electron chi connectivity index (χ3n) is 6.90. The van der Waals surface area contributed by atoms with Crippen LogP contribution in [0.3, 0.4) is 0 Å². The number of nitriles is 1. The standard InChI is InChI=1S/C23H31N5O/c1-17-7-6-8-18(2)28(17)22-25-21(29)20(15-24)23(26-22)11-13-27(14-12-23)16-19-9-4-3-5-10-19/h3-5,9-10,17-18,20H,6-8,11-14,16H2,1-2H3,(H,25,26,29)/t17-,18-,20-/m1/s1. The van der Waals surface area contributed by atoms with Crippen molar-refractivity contribution >= 4 is 11.9 Å². The molecule has 0 aliphatic carbocycles. The van der Waals surface area contributed by atoms with Crippen molar-refractivity contribution in [1.29, 1.82) is 5.26 Å². The lowest BCUT2D eigenvalue weighted by molar-refractivity contribution is -0.125. The molecule has 2 saturated heterocycles. The lowest BCUT2D eigenvalue weighted by Crippen LogP contribution is -2.62. The topological polar surface area (TPSA) is 71.7 Å². The van der Waals surface area contributed by atoms with E-state index in [0.717, 1.165) is 45.3 Å². The number of nitrogens with one attached hydrogen (secondary N) is 1. The van der Waals surface area contributed by atoms with Gasteiger partial charge in [-0.3, -0.25) is 15.0 Å². The van der Waals surface area contributed by atoms with Gasteiger partial charge in [0, 0.05) is 31.7 Å². The number of rotatable bonds is 2. The second-order valence-corrected chi connectivity index (χ2v) is 8.89. The Morgan fingerprint density at radius 1 is 1.17 bits per heavy atom. The van der Waals surface area contributed by atoms with E-state index in [9.17, 15) is 10.1 Å². The number of hydrogen-bond donors (Lipinski definition) is 1. The summed E-state index contributed by atoms with van der Waals surface area (Å²) in [6.07, 6.45) is 4.91. The normalized spacial score (nSPS) is 29.8. The van der Waals surface area contributed by atoms with E-state index in [0.29, 0.717) is 18.0 Å². The van der Waals surface area contributed by atoms with Gasteiger partial charge in [-0.1, -0.05) is 30.3 Å². The van der Waals surface area contributed by atoms with Crippen LogP contribution in [-0.2, 0) is 11.3 Å². The third-order valence-corrected chi connectivity index (χ3v) is 6.90. The van der Waals surface area contributed by atoms with E-state index in [1.165, 1.54) is 12.0 Å². The number of hydrogen-bond acceptors (Lipinski definition) is 5. The molecule has 29 heavy (non-hydrogen) atoms. The van der Waals surface area contributed by atoms with Crippen LogP contribution >= 0.6 is 0 Å². The molecule has 0 unspecified atom stereocenters. The average molecular weight is 394 g/mol. The van der Waals surface area contributed by atoms with Crippen LogP contribution in [0.5, 0.6) is 0 Å². The van der Waals surface area contributed by atoms with Crippen LogP contribution in [0.2, 0.25) is 0 Å². The Bertz CT molecular complexity index is 796. The summed E-state index contributed by atoms with van der Waals surface area (Å²) in [6, 6.07) is 13.4. The number of piperidine rings is 2. The quantitative estimate of drug-likeness (QED) is 0.839. The number of nitrogens with zero attached hydrogens (tertiary/aromatic N) is 4. The van der Waals surface area contributed by atoms with Gasteiger partial charge in [0.1, 0.15) is 0 Å². The maximum absolute atomic E-state index is 12.9. The van der Waals surface area contributed by atoms with Gasteiger partial charge in [-0.2, -0.15) is 5.26 Å². The van der Waals surface area contributed by atoms with E-state index in [4.69, 9.17) is 4.99 Å². The number of guanidine groups is 1. The summed E-state index contributed by atoms with van der Waals surface area (Å²) in [5, 5.41) is 12.7. The molecular weight excluding hydrogens is 362 g/mol. The van der Waals surface area contributed by atoms with Crippen molar-refractivity contribution in [3.8, 4) is 6.07 Å². The number of benzene rings is 1. The molecule has 3 atom stereocenters. The first-order valence-corrected chi connectivity index (χ1v) is 10.9. The molecule has 2 fully saturated rings. The highest BCUT2D eigenvalue weighted by Gasteiger charge is 2.50. The van der Waals surface area contributed by atoms with E-state index in [-0.39, 0.29) is 5.91 Å². The highest BCUT2D eigenvalue weighted by atomic mass is 16.2. The minimum atomic E-state index is -0.708. The number of amides is 1. The average Bonchev–Trinajstić information content (AvgIpc) is 2.70. The van der Waals surface area contributed by atoms with Gasteiger partial charge in [0.2, 0.25) is 11.9 Å². The van der Waals surface area contributed by atoms with Crippen molar-refractivity contribution in [2.45, 2.75) is 70.1 Å². The molecule has 4 rings (SSSR count). The first-order valence-electron chi connectivity index (χ1n) is 10.9. The molecule has 3 aliphatic rings. The molecule has 1 aromatic rings. The van der Waals surface area contributed by atoms with Crippen molar-refractivity contribution in [3.63, 3.8) is 0 Å². The fourth-order valence-electron chi connectivity index (χ4n) is 5.21. The van der Waals surface area contributed by atoms with E-state index in [1.54, 1.807) is 0 Å². The summed E-state index contributed by atoms with van der Waals surface area (Å²) in [4.78, 5) is 22.7. The molecule has 0 radical (unpaired) electrons. The van der Waals surface area contributed by atoms with Crippen LogP contribution in [0.1, 0.15) is 51.5 Å². The molecule has 1 amide bonds. The highest BCUT2D eigenvalue weighted by Crippen LogP contribution is 2.37. The van der Waals surface area contributed by atoms with Gasteiger partial charge < -0.3 is 4.90 Å². The molecule has 6 heteroatoms. The zero-order valence-electron chi connectivity index (χ0n) is 17.5. The zero-order valence-corrected chi connectivity index (χ0v) is 17.5. The van der Waals surface area contributed by atoms with Crippen LogP contribution in [0.4, 0.5) is 0 Å². The second-order valence-electron chi connectivity index (χ2n) is 8.89. The van der Waals surface area contributed by atoms with Gasteiger partial charge >= 0.3 is 0 Å². The lowest BCUT2D eigenvalue weighted by Gasteiger charge is -2.47. The maximum Gasteiger partial charge on any atom is 0.246 e. The monoisotopic (exact) mass is 393 g/mol. The summed E-state index contributed by atoms with van der Waals surface area (Å²) >= 11 is 0. The zero-order chi connectivity index (χ0) is 20.4. The van der Waals surface area contributed by atoms with Crippen molar-refractivity contribution in [2.75, 3.05) is 13.1 Å². The molecule has 154 valence electrons. The van der Waals surface area contributed by atoms with Crippen molar-refractivity contribution in [1.82, 2.24) is 15.1 Å². The molecule has 0 aromatic heterocycles. The molecule has 1 spiro atoms. The van der Waals surface area contributed by atoms with Crippen LogP contribution in [0, 0.1) is 17.2 Å². The number of carbonyl (C=O) groups excluding carboxylic acids is 1. The second kappa shape index (κ2) is 8.16. The molecule has 0 saturated carbocycles. The van der Waals surface area contributed by atoms with Gasteiger partial charge in [-0.15, -0.1) is 0 Å². The largest absolute Gasteiger partial charge is 0.337 e. The fraction of sp³-hybridized carbons (Fsp3) is 0.609. The minimum Gasteiger partial charge on any atom is -0.337 e. The molecular formula is C23H31N5O. The Morgan fingerprint density at radius 3 is 2.45 bits per heavy atom. The summed E-state index contributed by atoms with van der Waals surface area (Å²) in [5.74, 6) is -0.197. The van der Waals surface area contributed by atoms with Crippen molar-refractivity contribution in [3.05, 3.63) is 35.9 Å². The molecule has 6 nitrogen and oxygen atoms in total. The Morgan fingerprint density at radius 2 is 1.83 bits per heavy atom. The fourth-order valence-corrected chi connectivity index (χ4v) is 5.21. The summed E-state index contributed by atoms with van der Waals surface area (Å²) < 4.78 is 0. The third kappa shape index (κ3) is 3.89. The molecule has 3 aliphatic heterocycles. The SMILES string of the molecule is C[C@@H]1CCC[C@@H](C)N1C1=NC2(CCN(Cc3ccccc3)CC2)[C@H](C#N)C(=O)N1. The van der Waals surface area contributed by atoms with E-state index >= 15 is 0 Å². The first kappa shape index (κ1) is 19.9. The van der Waals surface area contributed by atoms with Gasteiger partial charge in [0.25, 0.3) is 0 Å². The van der Waals surface area contributed by atoms with Gasteiger partial charge in [0.15, 0.2) is 5.92 Å². The van der Waals surface area contributed by atoms with Crippen molar-refractivity contribution < 1.29 is 4.79 Å². The van der Waals surface area contributed by atoms with Crippen LogP contribution in [0.15, 0.2) is 35.3 Å². The van der Waals surface area contributed by atoms with E-state index in [2.05, 4.69) is 59.3 Å². The summed E-state index contributed by atoms with van der Waals surface area (Å²) in [6.45, 7) is 7.01. The maximum atomic E-state index is 12.9. The number of carbonyl (C=O) groups is 1. The van der Waals surface area contributed by atoms with Crippen molar-refractivity contribution in [2.24, 2.45) is 10.9 Å². The van der Waals surface area contributed by atoms with Gasteiger partial charge in [-0.25, -0.2) is 4.99 Å². The van der Waals surface area contributed by atoms with Gasteiger partial charge in [0.05, 0.1) is 11.6 Å². The summed E-state index contributed by atoms with van der Waals surface area (Å²) in [7, 11) is 0. The molecule has 0 bridgehead atoms. The molecule has 1 aromatic carbocycles. The van der Waals surface area contributed by atoms with Gasteiger partial charge in [-0.05, 0) is 51.5 Å². The predicted molar refractivity (Wildman–Crippen MR) is 113 cm³/mol. The Labute approximate surface area is 173 Å². The summed E-state index contributed by atoms with van der Waals surface area (Å²) in [5.41, 5.74) is 0.693.